The van der Waals surface area contributed by atoms with E-state index in [-0.39, 0.29) is 0 Å². The number of benzene rings is 1. The van der Waals surface area contributed by atoms with Gasteiger partial charge in [0.1, 0.15) is 11.1 Å². The highest BCUT2D eigenvalue weighted by Crippen LogP contribution is 2.29. The van der Waals surface area contributed by atoms with Crippen molar-refractivity contribution in [2.45, 2.75) is 16.8 Å². The lowest BCUT2D eigenvalue weighted by Gasteiger charge is -2.04. The molecule has 5 heteroatoms. The van der Waals surface area contributed by atoms with Crippen molar-refractivity contribution >= 4 is 11.8 Å². The summed E-state index contributed by atoms with van der Waals surface area (Å²) in [6.45, 7) is 1.80. The fraction of sp³-hybridized carbons (Fsp3) is 0.0769. The Bertz CT molecular complexity index is 635. The zero-order valence-electron chi connectivity index (χ0n) is 9.45. The number of halogens is 2. The standard InChI is InChI=1S/C13H8F2N2S/c1-8-2-3-9(7-16)13(17-8)18-10-4-5-11(14)12(15)6-10/h2-6H,1H3. The predicted molar refractivity (Wildman–Crippen MR) is 64.2 cm³/mol. The van der Waals surface area contributed by atoms with Gasteiger partial charge in [-0.25, -0.2) is 13.8 Å². The first kappa shape index (κ1) is 12.5. The third-order valence-electron chi connectivity index (χ3n) is 2.23. The van der Waals surface area contributed by atoms with Gasteiger partial charge in [-0.1, -0.05) is 11.8 Å². The number of pyridine rings is 1. The van der Waals surface area contributed by atoms with Crippen LogP contribution in [0.2, 0.25) is 0 Å². The monoisotopic (exact) mass is 262 g/mol. The summed E-state index contributed by atoms with van der Waals surface area (Å²) in [6.07, 6.45) is 0. The second-order valence-corrected chi connectivity index (χ2v) is 4.66. The molecule has 0 amide bonds. The van der Waals surface area contributed by atoms with E-state index in [1.165, 1.54) is 6.07 Å². The molecule has 0 saturated carbocycles. The molecule has 1 aromatic heterocycles. The van der Waals surface area contributed by atoms with Crippen LogP contribution in [-0.2, 0) is 0 Å². The van der Waals surface area contributed by atoms with E-state index in [1.54, 1.807) is 19.1 Å². The summed E-state index contributed by atoms with van der Waals surface area (Å²) in [6, 6.07) is 9.00. The summed E-state index contributed by atoms with van der Waals surface area (Å²) in [5.74, 6) is -1.80. The molecule has 0 aliphatic heterocycles. The van der Waals surface area contributed by atoms with Gasteiger partial charge in [0.15, 0.2) is 11.6 Å². The normalized spacial score (nSPS) is 10.1. The number of aryl methyl sites for hydroxylation is 1. The summed E-state index contributed by atoms with van der Waals surface area (Å²) in [4.78, 5) is 4.72. The predicted octanol–water partition coefficient (Wildman–Crippen LogP) is 3.69. The van der Waals surface area contributed by atoms with Crippen molar-refractivity contribution in [3.8, 4) is 6.07 Å². The van der Waals surface area contributed by atoms with Crippen LogP contribution >= 0.6 is 11.8 Å². The van der Waals surface area contributed by atoms with Gasteiger partial charge in [-0.05, 0) is 37.3 Å². The number of nitriles is 1. The third kappa shape index (κ3) is 2.66. The molecular formula is C13H8F2N2S. The van der Waals surface area contributed by atoms with Crippen LogP contribution in [0.1, 0.15) is 11.3 Å². The average molecular weight is 262 g/mol. The van der Waals surface area contributed by atoms with Crippen molar-refractivity contribution in [1.29, 1.82) is 5.26 Å². The molecule has 2 nitrogen and oxygen atoms in total. The van der Waals surface area contributed by atoms with Gasteiger partial charge < -0.3 is 0 Å². The van der Waals surface area contributed by atoms with Crippen molar-refractivity contribution in [1.82, 2.24) is 4.98 Å². The van der Waals surface area contributed by atoms with Gasteiger partial charge >= 0.3 is 0 Å². The largest absolute Gasteiger partial charge is 0.245 e. The first-order chi connectivity index (χ1) is 8.60. The first-order valence-electron chi connectivity index (χ1n) is 5.11. The molecule has 0 spiro atoms. The van der Waals surface area contributed by atoms with Gasteiger partial charge in [0.25, 0.3) is 0 Å². The van der Waals surface area contributed by atoms with Gasteiger partial charge in [0, 0.05) is 10.6 Å². The molecule has 0 radical (unpaired) electrons. The lowest BCUT2D eigenvalue weighted by atomic mass is 10.3. The fourth-order valence-corrected chi connectivity index (χ4v) is 2.28. The lowest BCUT2D eigenvalue weighted by molar-refractivity contribution is 0.506. The summed E-state index contributed by atoms with van der Waals surface area (Å²) >= 11 is 1.14. The minimum absolute atomic E-state index is 0.412. The van der Waals surface area contributed by atoms with E-state index in [2.05, 4.69) is 4.98 Å². The highest BCUT2D eigenvalue weighted by atomic mass is 32.2. The van der Waals surface area contributed by atoms with E-state index in [4.69, 9.17) is 5.26 Å². The van der Waals surface area contributed by atoms with Gasteiger partial charge in [0.2, 0.25) is 0 Å². The Balaban J connectivity index is 2.36. The van der Waals surface area contributed by atoms with E-state index in [0.717, 1.165) is 29.6 Å². The summed E-state index contributed by atoms with van der Waals surface area (Å²) < 4.78 is 25.9. The Labute approximate surface area is 107 Å². The van der Waals surface area contributed by atoms with Crippen molar-refractivity contribution in [3.05, 3.63) is 53.2 Å². The zero-order chi connectivity index (χ0) is 13.1. The van der Waals surface area contributed by atoms with Crippen LogP contribution in [0.25, 0.3) is 0 Å². The quantitative estimate of drug-likeness (QED) is 0.828. The molecule has 0 unspecified atom stereocenters. The maximum absolute atomic E-state index is 13.1. The minimum Gasteiger partial charge on any atom is -0.245 e. The molecular weight excluding hydrogens is 254 g/mol. The Morgan fingerprint density at radius 1 is 1.17 bits per heavy atom. The van der Waals surface area contributed by atoms with Crippen LogP contribution < -0.4 is 0 Å². The van der Waals surface area contributed by atoms with Crippen LogP contribution in [0, 0.1) is 29.9 Å². The number of aromatic nitrogens is 1. The average Bonchev–Trinajstić information content (AvgIpc) is 2.34. The molecule has 0 N–H and O–H groups in total. The molecule has 2 aromatic rings. The van der Waals surface area contributed by atoms with Gasteiger partial charge in [-0.3, -0.25) is 0 Å². The maximum atomic E-state index is 13.1. The Morgan fingerprint density at radius 2 is 1.94 bits per heavy atom. The van der Waals surface area contributed by atoms with Crippen molar-refractivity contribution in [2.24, 2.45) is 0 Å². The Kier molecular flexibility index (Phi) is 3.58. The van der Waals surface area contributed by atoms with Crippen molar-refractivity contribution in [2.75, 3.05) is 0 Å². The topological polar surface area (TPSA) is 36.7 Å². The van der Waals surface area contributed by atoms with E-state index >= 15 is 0 Å². The molecule has 0 bridgehead atoms. The molecule has 2 rings (SSSR count). The molecule has 1 aromatic carbocycles. The SMILES string of the molecule is Cc1ccc(C#N)c(Sc2ccc(F)c(F)c2)n1. The number of hydrogen-bond donors (Lipinski definition) is 0. The van der Waals surface area contributed by atoms with E-state index in [9.17, 15) is 8.78 Å². The second kappa shape index (κ2) is 5.15. The molecule has 18 heavy (non-hydrogen) atoms. The van der Waals surface area contributed by atoms with Crippen LogP contribution in [0.5, 0.6) is 0 Å². The van der Waals surface area contributed by atoms with Crippen LogP contribution in [0.4, 0.5) is 8.78 Å². The molecule has 0 atom stereocenters. The highest BCUT2D eigenvalue weighted by molar-refractivity contribution is 7.99. The van der Waals surface area contributed by atoms with E-state index in [1.807, 2.05) is 6.07 Å². The summed E-state index contributed by atoms with van der Waals surface area (Å²) in [5, 5.41) is 9.44. The molecule has 0 fully saturated rings. The zero-order valence-corrected chi connectivity index (χ0v) is 10.3. The van der Waals surface area contributed by atoms with E-state index in [0.29, 0.717) is 15.5 Å². The molecule has 1 heterocycles. The van der Waals surface area contributed by atoms with Gasteiger partial charge in [-0.2, -0.15) is 5.26 Å². The van der Waals surface area contributed by atoms with Crippen LogP contribution in [-0.4, -0.2) is 4.98 Å². The van der Waals surface area contributed by atoms with Gasteiger partial charge in [-0.15, -0.1) is 0 Å². The third-order valence-corrected chi connectivity index (χ3v) is 3.22. The van der Waals surface area contributed by atoms with Crippen LogP contribution in [0.15, 0.2) is 40.3 Å². The molecule has 0 aliphatic carbocycles. The summed E-state index contributed by atoms with van der Waals surface area (Å²) in [5.41, 5.74) is 1.18. The minimum atomic E-state index is -0.911. The highest BCUT2D eigenvalue weighted by Gasteiger charge is 2.08. The molecule has 90 valence electrons. The Morgan fingerprint density at radius 3 is 2.61 bits per heavy atom. The van der Waals surface area contributed by atoms with Crippen molar-refractivity contribution in [3.63, 3.8) is 0 Å². The number of rotatable bonds is 2. The molecule has 0 saturated heterocycles. The summed E-state index contributed by atoms with van der Waals surface area (Å²) in [7, 11) is 0. The van der Waals surface area contributed by atoms with Gasteiger partial charge in [0.05, 0.1) is 5.56 Å². The Hall–Kier alpha value is -1.93. The van der Waals surface area contributed by atoms with Crippen LogP contribution in [0.3, 0.4) is 0 Å². The first-order valence-corrected chi connectivity index (χ1v) is 5.92. The lowest BCUT2D eigenvalue weighted by Crippen LogP contribution is -1.90. The fourth-order valence-electron chi connectivity index (χ4n) is 1.35. The molecule has 0 aliphatic rings. The maximum Gasteiger partial charge on any atom is 0.159 e. The number of hydrogen-bond acceptors (Lipinski definition) is 3. The van der Waals surface area contributed by atoms with Crippen molar-refractivity contribution < 1.29 is 8.78 Å². The smallest absolute Gasteiger partial charge is 0.159 e. The van der Waals surface area contributed by atoms with E-state index < -0.39 is 11.6 Å². The second-order valence-electron chi connectivity index (χ2n) is 3.60. The number of nitrogens with zero attached hydrogens (tertiary/aromatic N) is 2.